The molecule has 0 radical (unpaired) electrons. The lowest BCUT2D eigenvalue weighted by Gasteiger charge is -2.35. The Kier molecular flexibility index (Phi) is 7.53. The van der Waals surface area contributed by atoms with E-state index in [0.29, 0.717) is 0 Å². The second-order valence-corrected chi connectivity index (χ2v) is 16.5. The number of rotatable bonds is 5. The van der Waals surface area contributed by atoms with Crippen LogP contribution in [0.3, 0.4) is 0 Å². The predicted molar refractivity (Wildman–Crippen MR) is 221 cm³/mol. The Bertz CT molecular complexity index is 2570. The van der Waals surface area contributed by atoms with E-state index in [2.05, 4.69) is 135 Å². The summed E-state index contributed by atoms with van der Waals surface area (Å²) < 4.78 is 13.7. The van der Waals surface area contributed by atoms with Crippen LogP contribution in [0.15, 0.2) is 106 Å². The van der Waals surface area contributed by atoms with E-state index in [1.807, 2.05) is 0 Å². The summed E-state index contributed by atoms with van der Waals surface area (Å²) in [7, 11) is 0. The lowest BCUT2D eigenvalue weighted by molar-refractivity contribution is 0.311. The highest BCUT2D eigenvalue weighted by molar-refractivity contribution is 6.25. The Morgan fingerprint density at radius 3 is 1.60 bits per heavy atom. The Balaban J connectivity index is 1.10. The summed E-state index contributed by atoms with van der Waals surface area (Å²) in [5.41, 5.74) is 8.52. The van der Waals surface area contributed by atoms with Crippen molar-refractivity contribution < 1.29 is 8.83 Å². The second-order valence-electron chi connectivity index (χ2n) is 16.5. The van der Waals surface area contributed by atoms with E-state index in [1.54, 1.807) is 0 Å². The molecule has 262 valence electrons. The molecule has 0 N–H and O–H groups in total. The van der Waals surface area contributed by atoms with E-state index in [-0.39, 0.29) is 0 Å². The average molecular weight is 685 g/mol. The molecule has 6 aromatic carbocycles. The molecule has 52 heavy (non-hydrogen) atoms. The van der Waals surface area contributed by atoms with E-state index in [1.165, 1.54) is 58.6 Å². The lowest BCUT2D eigenvalue weighted by Crippen LogP contribution is -2.35. The number of hydrogen-bond donors (Lipinski definition) is 0. The van der Waals surface area contributed by atoms with Gasteiger partial charge in [-0.15, -0.1) is 0 Å². The first-order valence-electron chi connectivity index (χ1n) is 19.7. The quantitative estimate of drug-likeness (QED) is 0.181. The minimum atomic E-state index is 0.760. The van der Waals surface area contributed by atoms with Gasteiger partial charge in [-0.1, -0.05) is 70.2 Å². The topological polar surface area (TPSA) is 32.8 Å². The van der Waals surface area contributed by atoms with Gasteiger partial charge in [0.25, 0.3) is 0 Å². The molecule has 2 saturated heterocycles. The summed E-state index contributed by atoms with van der Waals surface area (Å²) in [5.74, 6) is 3.18. The Morgan fingerprint density at radius 1 is 0.500 bits per heavy atom. The summed E-state index contributed by atoms with van der Waals surface area (Å²) >= 11 is 0. The first-order valence-corrected chi connectivity index (χ1v) is 19.7. The maximum absolute atomic E-state index is 6.93. The molecule has 0 spiro atoms. The third-order valence-electron chi connectivity index (χ3n) is 12.8. The van der Waals surface area contributed by atoms with Gasteiger partial charge in [-0.05, 0) is 131 Å². The van der Waals surface area contributed by atoms with Crippen molar-refractivity contribution >= 4 is 76.8 Å². The Labute approximate surface area is 306 Å². The van der Waals surface area contributed by atoms with Gasteiger partial charge < -0.3 is 18.6 Å². The van der Waals surface area contributed by atoms with Crippen LogP contribution in [0.1, 0.15) is 53.4 Å². The van der Waals surface area contributed by atoms with Gasteiger partial charge in [-0.2, -0.15) is 0 Å². The zero-order chi connectivity index (χ0) is 35.1. The molecule has 0 bridgehead atoms. The number of anilines is 2. The van der Waals surface area contributed by atoms with Gasteiger partial charge in [0.2, 0.25) is 0 Å². The van der Waals surface area contributed by atoms with Gasteiger partial charge in [0.1, 0.15) is 22.3 Å². The molecule has 0 saturated carbocycles. The van der Waals surface area contributed by atoms with Gasteiger partial charge in [0.05, 0.1) is 0 Å². The zero-order valence-electron chi connectivity index (χ0n) is 30.9. The van der Waals surface area contributed by atoms with Gasteiger partial charge in [0.15, 0.2) is 0 Å². The molecule has 2 aromatic heterocycles. The van der Waals surface area contributed by atoms with E-state index in [4.69, 9.17) is 8.83 Å². The van der Waals surface area contributed by atoms with Crippen LogP contribution in [0.2, 0.25) is 0 Å². The molecular formula is C48H48N2O2. The van der Waals surface area contributed by atoms with E-state index in [9.17, 15) is 0 Å². The van der Waals surface area contributed by atoms with Crippen molar-refractivity contribution in [1.29, 1.82) is 0 Å². The number of benzene rings is 6. The predicted octanol–water partition coefficient (Wildman–Crippen LogP) is 13.2. The van der Waals surface area contributed by atoms with Crippen molar-refractivity contribution in [2.24, 2.45) is 23.7 Å². The summed E-state index contributed by atoms with van der Waals surface area (Å²) in [4.78, 5) is 5.13. The van der Waals surface area contributed by atoms with Crippen LogP contribution in [0, 0.1) is 23.7 Å². The normalized spacial score (nSPS) is 16.7. The largest absolute Gasteiger partial charge is 0.456 e. The molecule has 4 nitrogen and oxygen atoms in total. The van der Waals surface area contributed by atoms with E-state index < -0.39 is 0 Å². The van der Waals surface area contributed by atoms with Crippen molar-refractivity contribution in [3.63, 3.8) is 0 Å². The maximum atomic E-state index is 6.93. The average Bonchev–Trinajstić information content (AvgIpc) is 3.71. The first-order chi connectivity index (χ1) is 25.4. The molecule has 4 heterocycles. The van der Waals surface area contributed by atoms with Crippen LogP contribution < -0.4 is 9.80 Å². The molecule has 0 unspecified atom stereocenters. The smallest absolute Gasteiger partial charge is 0.144 e. The molecule has 10 rings (SSSR count). The fraction of sp³-hybridized carbons (Fsp3) is 0.333. The Morgan fingerprint density at radius 2 is 1.04 bits per heavy atom. The summed E-state index contributed by atoms with van der Waals surface area (Å²) in [6.07, 6.45) is 5.07. The van der Waals surface area contributed by atoms with Crippen molar-refractivity contribution in [3.05, 3.63) is 97.1 Å². The fourth-order valence-corrected chi connectivity index (χ4v) is 9.55. The first kappa shape index (κ1) is 31.7. The highest BCUT2D eigenvalue weighted by Crippen LogP contribution is 2.46. The molecule has 2 aliphatic rings. The summed E-state index contributed by atoms with van der Waals surface area (Å²) in [6.45, 7) is 14.0. The molecule has 2 fully saturated rings. The summed E-state index contributed by atoms with van der Waals surface area (Å²) in [6, 6.07) is 36.0. The Hall–Kier alpha value is -4.96. The highest BCUT2D eigenvalue weighted by Gasteiger charge is 2.25. The third kappa shape index (κ3) is 5.25. The molecular weight excluding hydrogens is 637 g/mol. The number of nitrogens with zero attached hydrogens (tertiary/aromatic N) is 2. The van der Waals surface area contributed by atoms with Gasteiger partial charge in [0, 0.05) is 64.7 Å². The maximum Gasteiger partial charge on any atom is 0.144 e. The SMILES string of the molecule is CC(C)C1CCN(c2ccc3cc4c(cc3c2)oc2c(-c3ccccc3)c3c(cc24)oc2cc4cc(N5CCC(C(C)C)CC5)ccc4cc23)CC1. The van der Waals surface area contributed by atoms with E-state index in [0.717, 1.165) is 105 Å². The van der Waals surface area contributed by atoms with Crippen LogP contribution in [-0.4, -0.2) is 26.2 Å². The van der Waals surface area contributed by atoms with Gasteiger partial charge >= 0.3 is 0 Å². The number of furan rings is 2. The van der Waals surface area contributed by atoms with Crippen LogP contribution >= 0.6 is 0 Å². The second kappa shape index (κ2) is 12.3. The minimum absolute atomic E-state index is 0.760. The molecule has 0 aliphatic carbocycles. The van der Waals surface area contributed by atoms with Crippen LogP contribution in [0.5, 0.6) is 0 Å². The van der Waals surface area contributed by atoms with Crippen molar-refractivity contribution in [1.82, 2.24) is 0 Å². The lowest BCUT2D eigenvalue weighted by atomic mass is 9.86. The monoisotopic (exact) mass is 684 g/mol. The van der Waals surface area contributed by atoms with Crippen LogP contribution in [-0.2, 0) is 0 Å². The zero-order valence-corrected chi connectivity index (χ0v) is 30.9. The van der Waals surface area contributed by atoms with Crippen LogP contribution in [0.4, 0.5) is 11.4 Å². The molecule has 4 heteroatoms. The minimum Gasteiger partial charge on any atom is -0.456 e. The molecule has 0 atom stereocenters. The molecule has 8 aromatic rings. The highest BCUT2D eigenvalue weighted by atomic mass is 16.3. The number of hydrogen-bond acceptors (Lipinski definition) is 4. The number of fused-ring (bicyclic) bond motifs is 8. The van der Waals surface area contributed by atoms with E-state index >= 15 is 0 Å². The van der Waals surface area contributed by atoms with Crippen molar-refractivity contribution in [2.45, 2.75) is 53.4 Å². The van der Waals surface area contributed by atoms with Crippen molar-refractivity contribution in [2.75, 3.05) is 36.0 Å². The van der Waals surface area contributed by atoms with Crippen LogP contribution in [0.25, 0.3) is 76.5 Å². The molecule has 2 aliphatic heterocycles. The summed E-state index contributed by atoms with van der Waals surface area (Å²) in [5, 5.41) is 9.38. The van der Waals surface area contributed by atoms with Gasteiger partial charge in [-0.3, -0.25) is 0 Å². The third-order valence-corrected chi connectivity index (χ3v) is 12.8. The molecule has 0 amide bonds. The standard InChI is InChI=1S/C48H48N2O2/c1-29(2)31-14-18-49(19-15-31)38-12-10-34-24-40-41-28-45-47(46(33-8-6-5-7-9-33)48(41)52-43(40)26-36(34)22-38)42-25-35-11-13-39(23-37(35)27-44(42)51-45)50-20-16-32(17-21-50)30(3)4/h5-13,22-32H,14-21H2,1-4H3. The van der Waals surface area contributed by atoms with Gasteiger partial charge in [-0.25, -0.2) is 0 Å². The number of piperidine rings is 2. The fourth-order valence-electron chi connectivity index (χ4n) is 9.55. The van der Waals surface area contributed by atoms with Crippen molar-refractivity contribution in [3.8, 4) is 11.1 Å².